The van der Waals surface area contributed by atoms with E-state index in [2.05, 4.69) is 4.98 Å². The first-order chi connectivity index (χ1) is 11.8. The molecule has 0 aliphatic carbocycles. The lowest BCUT2D eigenvalue weighted by Crippen LogP contribution is -2.24. The second kappa shape index (κ2) is 6.43. The summed E-state index contributed by atoms with van der Waals surface area (Å²) in [5.74, 6) is 0. The standard InChI is InChI=1S/C18H13F3N2O2/c19-18(20,21)14-8-6-13(7-9-14)16-11-23(25)17(24)15(22-16)10-12-4-2-1-3-5-12/h1-9,11,25H,10H2. The van der Waals surface area contributed by atoms with Crippen LogP contribution in [-0.4, -0.2) is 14.9 Å². The maximum atomic E-state index is 12.6. The second-order valence-corrected chi connectivity index (χ2v) is 5.46. The minimum atomic E-state index is -4.43. The van der Waals surface area contributed by atoms with E-state index in [0.717, 1.165) is 23.9 Å². The van der Waals surface area contributed by atoms with Crippen LogP contribution in [0.4, 0.5) is 13.2 Å². The maximum absolute atomic E-state index is 12.6. The van der Waals surface area contributed by atoms with Crippen molar-refractivity contribution in [3.8, 4) is 11.3 Å². The number of nitrogens with zero attached hydrogens (tertiary/aromatic N) is 2. The van der Waals surface area contributed by atoms with Crippen LogP contribution in [0.1, 0.15) is 16.8 Å². The molecule has 1 aromatic heterocycles. The van der Waals surface area contributed by atoms with Gasteiger partial charge in [0.05, 0.1) is 17.5 Å². The van der Waals surface area contributed by atoms with Crippen LogP contribution in [-0.2, 0) is 12.6 Å². The van der Waals surface area contributed by atoms with Crippen molar-refractivity contribution in [3.63, 3.8) is 0 Å². The zero-order chi connectivity index (χ0) is 18.0. The van der Waals surface area contributed by atoms with E-state index >= 15 is 0 Å². The van der Waals surface area contributed by atoms with Crippen LogP contribution in [0.5, 0.6) is 0 Å². The molecule has 3 rings (SSSR count). The van der Waals surface area contributed by atoms with Crippen molar-refractivity contribution in [2.24, 2.45) is 0 Å². The number of aromatic nitrogens is 2. The third-order valence-corrected chi connectivity index (χ3v) is 3.68. The van der Waals surface area contributed by atoms with Crippen LogP contribution in [0.2, 0.25) is 0 Å². The van der Waals surface area contributed by atoms with Crippen molar-refractivity contribution in [3.05, 3.63) is 88.0 Å². The molecule has 2 aromatic carbocycles. The molecule has 0 aliphatic heterocycles. The first kappa shape index (κ1) is 16.8. The van der Waals surface area contributed by atoms with Gasteiger partial charge >= 0.3 is 11.7 Å². The summed E-state index contributed by atoms with van der Waals surface area (Å²) in [5, 5.41) is 9.79. The van der Waals surface area contributed by atoms with Crippen LogP contribution in [0, 0.1) is 0 Å². The molecule has 0 saturated heterocycles. The topological polar surface area (TPSA) is 55.1 Å². The molecule has 1 heterocycles. The van der Waals surface area contributed by atoms with E-state index in [4.69, 9.17) is 0 Å². The van der Waals surface area contributed by atoms with Gasteiger partial charge < -0.3 is 5.21 Å². The van der Waals surface area contributed by atoms with E-state index < -0.39 is 17.3 Å². The smallest absolute Gasteiger partial charge is 0.416 e. The largest absolute Gasteiger partial charge is 0.425 e. The molecule has 0 fully saturated rings. The van der Waals surface area contributed by atoms with E-state index in [1.165, 1.54) is 12.1 Å². The Morgan fingerprint density at radius 1 is 1.00 bits per heavy atom. The highest BCUT2D eigenvalue weighted by Gasteiger charge is 2.30. The Balaban J connectivity index is 1.99. The van der Waals surface area contributed by atoms with Gasteiger partial charge in [-0.15, -0.1) is 0 Å². The highest BCUT2D eigenvalue weighted by Crippen LogP contribution is 2.30. The van der Waals surface area contributed by atoms with Crippen molar-refractivity contribution in [1.29, 1.82) is 0 Å². The summed E-state index contributed by atoms with van der Waals surface area (Å²) in [7, 11) is 0. The molecular weight excluding hydrogens is 333 g/mol. The molecule has 1 N–H and O–H groups in total. The Bertz CT molecular complexity index is 933. The van der Waals surface area contributed by atoms with Gasteiger partial charge in [-0.3, -0.25) is 4.79 Å². The molecule has 128 valence electrons. The lowest BCUT2D eigenvalue weighted by atomic mass is 10.1. The molecule has 7 heteroatoms. The predicted molar refractivity (Wildman–Crippen MR) is 85.4 cm³/mol. The van der Waals surface area contributed by atoms with E-state index in [-0.39, 0.29) is 17.8 Å². The molecule has 0 saturated carbocycles. The normalized spacial score (nSPS) is 11.5. The molecule has 25 heavy (non-hydrogen) atoms. The second-order valence-electron chi connectivity index (χ2n) is 5.46. The SMILES string of the molecule is O=c1c(Cc2ccccc2)nc(-c2ccc(C(F)(F)F)cc2)cn1O. The van der Waals surface area contributed by atoms with Crippen molar-refractivity contribution in [1.82, 2.24) is 9.71 Å². The summed E-state index contributed by atoms with van der Waals surface area (Å²) in [4.78, 5) is 16.3. The van der Waals surface area contributed by atoms with E-state index in [0.29, 0.717) is 10.3 Å². The van der Waals surface area contributed by atoms with Crippen LogP contribution in [0.25, 0.3) is 11.3 Å². The summed E-state index contributed by atoms with van der Waals surface area (Å²) in [6, 6.07) is 13.4. The zero-order valence-corrected chi connectivity index (χ0v) is 12.9. The third-order valence-electron chi connectivity index (χ3n) is 3.68. The van der Waals surface area contributed by atoms with Gasteiger partial charge in [-0.2, -0.15) is 17.9 Å². The third kappa shape index (κ3) is 3.71. The first-order valence-corrected chi connectivity index (χ1v) is 7.38. The van der Waals surface area contributed by atoms with Crippen molar-refractivity contribution < 1.29 is 18.4 Å². The van der Waals surface area contributed by atoms with Gasteiger partial charge in [0.25, 0.3) is 0 Å². The fraction of sp³-hybridized carbons (Fsp3) is 0.111. The van der Waals surface area contributed by atoms with Gasteiger partial charge in [-0.1, -0.05) is 42.5 Å². The zero-order valence-electron chi connectivity index (χ0n) is 12.9. The molecule has 0 spiro atoms. The number of hydrogen-bond acceptors (Lipinski definition) is 3. The average Bonchev–Trinajstić information content (AvgIpc) is 2.59. The molecule has 0 atom stereocenters. The number of rotatable bonds is 3. The van der Waals surface area contributed by atoms with E-state index in [9.17, 15) is 23.2 Å². The predicted octanol–water partition coefficient (Wildman–Crippen LogP) is 3.76. The number of hydrogen-bond donors (Lipinski definition) is 1. The summed E-state index contributed by atoms with van der Waals surface area (Å²) in [6.45, 7) is 0. The van der Waals surface area contributed by atoms with Gasteiger partial charge in [0.2, 0.25) is 0 Å². The number of benzene rings is 2. The highest BCUT2D eigenvalue weighted by molar-refractivity contribution is 5.58. The summed E-state index contributed by atoms with van der Waals surface area (Å²) in [6.07, 6.45) is -3.14. The van der Waals surface area contributed by atoms with Gasteiger partial charge in [-0.05, 0) is 17.7 Å². The minimum Gasteiger partial charge on any atom is -0.425 e. The summed E-state index contributed by atoms with van der Waals surface area (Å²) < 4.78 is 38.3. The Kier molecular flexibility index (Phi) is 4.31. The fourth-order valence-electron chi connectivity index (χ4n) is 2.40. The van der Waals surface area contributed by atoms with Crippen LogP contribution < -0.4 is 5.56 Å². The van der Waals surface area contributed by atoms with Gasteiger partial charge in [0.1, 0.15) is 5.69 Å². The summed E-state index contributed by atoms with van der Waals surface area (Å²) >= 11 is 0. The van der Waals surface area contributed by atoms with E-state index in [1.54, 1.807) is 0 Å². The van der Waals surface area contributed by atoms with E-state index in [1.807, 2.05) is 30.3 Å². The molecule has 4 nitrogen and oxygen atoms in total. The molecule has 0 amide bonds. The van der Waals surface area contributed by atoms with Gasteiger partial charge in [0.15, 0.2) is 0 Å². The average molecular weight is 346 g/mol. The molecule has 0 radical (unpaired) electrons. The lowest BCUT2D eigenvalue weighted by Gasteiger charge is -2.09. The van der Waals surface area contributed by atoms with Crippen molar-refractivity contribution in [2.45, 2.75) is 12.6 Å². The Hall–Kier alpha value is -3.09. The van der Waals surface area contributed by atoms with Crippen molar-refractivity contribution in [2.75, 3.05) is 0 Å². The Morgan fingerprint density at radius 2 is 1.64 bits per heavy atom. The van der Waals surface area contributed by atoms with Crippen molar-refractivity contribution >= 4 is 0 Å². The Labute approximate surface area is 140 Å². The summed E-state index contributed by atoms with van der Waals surface area (Å²) in [5.41, 5.74) is 0.0622. The lowest BCUT2D eigenvalue weighted by molar-refractivity contribution is -0.137. The highest BCUT2D eigenvalue weighted by atomic mass is 19.4. The fourth-order valence-corrected chi connectivity index (χ4v) is 2.40. The maximum Gasteiger partial charge on any atom is 0.416 e. The minimum absolute atomic E-state index is 0.103. The number of halogens is 3. The monoisotopic (exact) mass is 346 g/mol. The Morgan fingerprint density at radius 3 is 2.24 bits per heavy atom. The molecule has 0 aliphatic rings. The van der Waals surface area contributed by atoms with Gasteiger partial charge in [0, 0.05) is 12.0 Å². The first-order valence-electron chi connectivity index (χ1n) is 7.38. The van der Waals surface area contributed by atoms with Crippen LogP contribution in [0.3, 0.4) is 0 Å². The molecule has 0 bridgehead atoms. The molecule has 0 unspecified atom stereocenters. The van der Waals surface area contributed by atoms with Gasteiger partial charge in [-0.25, -0.2) is 4.98 Å². The van der Waals surface area contributed by atoms with Crippen LogP contribution >= 0.6 is 0 Å². The quantitative estimate of drug-likeness (QED) is 0.735. The van der Waals surface area contributed by atoms with Crippen LogP contribution in [0.15, 0.2) is 65.6 Å². The molecular formula is C18H13F3N2O2. The number of alkyl halides is 3. The molecule has 3 aromatic rings.